The van der Waals surface area contributed by atoms with Gasteiger partial charge in [0.25, 0.3) is 0 Å². The number of quaternary nitrogens is 1. The molecule has 1 atom stereocenters. The minimum Gasteiger partial charge on any atom is -0.288 e. The Hall–Kier alpha value is -6.03. The van der Waals surface area contributed by atoms with Crippen molar-refractivity contribution < 1.29 is 5.32 Å². The molecule has 9 rings (SSSR count). The van der Waals surface area contributed by atoms with Crippen LogP contribution in [-0.2, 0) is 0 Å². The lowest BCUT2D eigenvalue weighted by atomic mass is 9.92. The Morgan fingerprint density at radius 3 is 1.91 bits per heavy atom. The van der Waals surface area contributed by atoms with E-state index in [-0.39, 0.29) is 6.17 Å². The maximum absolute atomic E-state index is 5.33. The second-order valence-corrected chi connectivity index (χ2v) is 12.2. The van der Waals surface area contributed by atoms with Gasteiger partial charge < -0.3 is 0 Å². The van der Waals surface area contributed by atoms with Crippen LogP contribution in [0.3, 0.4) is 0 Å². The molecule has 47 heavy (non-hydrogen) atoms. The molecule has 222 valence electrons. The van der Waals surface area contributed by atoms with E-state index in [4.69, 9.17) is 4.98 Å². The Morgan fingerprint density at radius 1 is 0.489 bits per heavy atom. The summed E-state index contributed by atoms with van der Waals surface area (Å²) in [5.41, 5.74) is 12.8. The smallest absolute Gasteiger partial charge is 0.197 e. The Kier molecular flexibility index (Phi) is 6.62. The van der Waals surface area contributed by atoms with Crippen molar-refractivity contribution in [2.75, 3.05) is 4.90 Å². The van der Waals surface area contributed by atoms with Crippen LogP contribution in [0.1, 0.15) is 11.7 Å². The minimum absolute atomic E-state index is 0.146. The van der Waals surface area contributed by atoms with Gasteiger partial charge in [0.05, 0.1) is 11.2 Å². The van der Waals surface area contributed by atoms with Crippen molar-refractivity contribution in [3.05, 3.63) is 181 Å². The van der Waals surface area contributed by atoms with Crippen LogP contribution in [0, 0.1) is 0 Å². The highest BCUT2D eigenvalue weighted by Crippen LogP contribution is 2.42. The third kappa shape index (κ3) is 4.77. The molecule has 1 aromatic heterocycles. The summed E-state index contributed by atoms with van der Waals surface area (Å²) in [4.78, 5) is 7.78. The van der Waals surface area contributed by atoms with Crippen molar-refractivity contribution in [1.29, 1.82) is 0 Å². The number of hydrogen-bond donors (Lipinski definition) is 1. The molecule has 1 unspecified atom stereocenters. The monoisotopic (exact) mass is 602 g/mol. The van der Waals surface area contributed by atoms with E-state index in [0.717, 1.165) is 33.1 Å². The molecule has 2 heterocycles. The Bertz CT molecular complexity index is 2370. The van der Waals surface area contributed by atoms with Gasteiger partial charge in [-0.15, -0.1) is 0 Å². The van der Waals surface area contributed by atoms with Crippen molar-refractivity contribution in [1.82, 2.24) is 4.98 Å². The standard InChI is InChI=1S/C44H31N3/c1-4-13-31(14-5-1)36-19-12-20-38-42(36)37-28-25-34(29-40(37)45-43(38)32-15-6-2-7-16-32)30-23-26-35(27-24-30)47-41-22-11-10-21-39(41)46-44(47)33-17-8-3-9-18-33/h1-29,44,46H/p+1. The van der Waals surface area contributed by atoms with Crippen LogP contribution >= 0.6 is 0 Å². The average molecular weight is 603 g/mol. The number of hydrogen-bond acceptors (Lipinski definition) is 2. The van der Waals surface area contributed by atoms with Gasteiger partial charge >= 0.3 is 0 Å². The molecule has 0 amide bonds. The van der Waals surface area contributed by atoms with Crippen LogP contribution < -0.4 is 10.2 Å². The van der Waals surface area contributed by atoms with Crippen molar-refractivity contribution >= 4 is 38.7 Å². The fourth-order valence-electron chi connectivity index (χ4n) is 7.16. The zero-order valence-corrected chi connectivity index (χ0v) is 25.8. The number of fused-ring (bicyclic) bond motifs is 4. The number of nitrogens with zero attached hydrogens (tertiary/aromatic N) is 2. The van der Waals surface area contributed by atoms with Crippen LogP contribution in [0.15, 0.2) is 176 Å². The normalized spacial score (nSPS) is 14.0. The van der Waals surface area contributed by atoms with Crippen molar-refractivity contribution in [2.45, 2.75) is 6.17 Å². The zero-order valence-electron chi connectivity index (χ0n) is 25.8. The highest BCUT2D eigenvalue weighted by Gasteiger charge is 2.35. The van der Waals surface area contributed by atoms with E-state index in [1.165, 1.54) is 44.7 Å². The van der Waals surface area contributed by atoms with Crippen LogP contribution in [0.4, 0.5) is 17.1 Å². The minimum atomic E-state index is 0.146. The second-order valence-electron chi connectivity index (χ2n) is 12.2. The Morgan fingerprint density at radius 2 is 1.15 bits per heavy atom. The van der Waals surface area contributed by atoms with E-state index in [1.54, 1.807) is 0 Å². The highest BCUT2D eigenvalue weighted by atomic mass is 15.3. The molecule has 0 aliphatic carbocycles. The molecule has 0 spiro atoms. The predicted octanol–water partition coefficient (Wildman–Crippen LogP) is 10.4. The summed E-state index contributed by atoms with van der Waals surface area (Å²) in [6.07, 6.45) is 0.146. The fourth-order valence-corrected chi connectivity index (χ4v) is 7.16. The van der Waals surface area contributed by atoms with Crippen LogP contribution in [0.5, 0.6) is 0 Å². The number of aromatic nitrogens is 1. The van der Waals surface area contributed by atoms with E-state index in [2.05, 4.69) is 186 Å². The summed E-state index contributed by atoms with van der Waals surface area (Å²) >= 11 is 0. The number of benzene rings is 7. The van der Waals surface area contributed by atoms with Gasteiger partial charge in [-0.25, -0.2) is 4.98 Å². The van der Waals surface area contributed by atoms with Gasteiger partial charge in [-0.05, 0) is 46.5 Å². The molecule has 3 nitrogen and oxygen atoms in total. The summed E-state index contributed by atoms with van der Waals surface area (Å²) in [6.45, 7) is 0. The highest BCUT2D eigenvalue weighted by molar-refractivity contribution is 6.17. The van der Waals surface area contributed by atoms with Crippen molar-refractivity contribution in [3.63, 3.8) is 0 Å². The summed E-state index contributed by atoms with van der Waals surface area (Å²) < 4.78 is 0. The number of anilines is 2. The lowest BCUT2D eigenvalue weighted by molar-refractivity contribution is -0.606. The molecule has 0 bridgehead atoms. The lowest BCUT2D eigenvalue weighted by Crippen LogP contribution is -2.79. The average Bonchev–Trinajstić information content (AvgIpc) is 3.55. The van der Waals surface area contributed by atoms with Gasteiger partial charge in [0.1, 0.15) is 5.69 Å². The number of nitrogens with two attached hydrogens (primary N) is 1. The zero-order chi connectivity index (χ0) is 31.2. The van der Waals surface area contributed by atoms with E-state index >= 15 is 0 Å². The van der Waals surface area contributed by atoms with E-state index in [0.29, 0.717) is 0 Å². The summed E-state index contributed by atoms with van der Waals surface area (Å²) in [6, 6.07) is 63.0. The molecular weight excluding hydrogens is 571 g/mol. The van der Waals surface area contributed by atoms with E-state index in [9.17, 15) is 0 Å². The van der Waals surface area contributed by atoms with Gasteiger partial charge in [0, 0.05) is 39.0 Å². The maximum atomic E-state index is 5.33. The molecule has 7 aromatic carbocycles. The molecule has 0 saturated carbocycles. The molecule has 1 aliphatic rings. The molecule has 0 radical (unpaired) electrons. The molecule has 2 N–H and O–H groups in total. The number of para-hydroxylation sites is 2. The number of rotatable bonds is 5. The first-order chi connectivity index (χ1) is 23.3. The summed E-state index contributed by atoms with van der Waals surface area (Å²) in [7, 11) is 0. The first-order valence-electron chi connectivity index (χ1n) is 16.2. The Labute approximate surface area is 274 Å². The fraction of sp³-hybridized carbons (Fsp3) is 0.0227. The SMILES string of the molecule is c1ccc(-c2nc3cc(-c4ccc(N5c6ccccc6[NH2+]C5c5ccccc5)cc4)ccc3c3c(-c4ccccc4)cccc23)cc1. The molecule has 1 aliphatic heterocycles. The lowest BCUT2D eigenvalue weighted by Gasteiger charge is -2.24. The topological polar surface area (TPSA) is 32.7 Å². The van der Waals surface area contributed by atoms with E-state index < -0.39 is 0 Å². The van der Waals surface area contributed by atoms with Crippen LogP contribution in [-0.4, -0.2) is 4.98 Å². The van der Waals surface area contributed by atoms with Gasteiger partial charge in [-0.2, -0.15) is 0 Å². The number of pyridine rings is 1. The molecule has 0 saturated heterocycles. The third-order valence-electron chi connectivity index (χ3n) is 9.38. The molecular formula is C44H32N3+. The molecule has 0 fully saturated rings. The first-order valence-corrected chi connectivity index (χ1v) is 16.2. The second kappa shape index (κ2) is 11.4. The van der Waals surface area contributed by atoms with Gasteiger partial charge in [-0.1, -0.05) is 146 Å². The Balaban J connectivity index is 1.17. The van der Waals surface area contributed by atoms with Crippen molar-refractivity contribution in [2.24, 2.45) is 0 Å². The quantitative estimate of drug-likeness (QED) is 0.157. The predicted molar refractivity (Wildman–Crippen MR) is 195 cm³/mol. The van der Waals surface area contributed by atoms with Crippen molar-refractivity contribution in [3.8, 4) is 33.5 Å². The van der Waals surface area contributed by atoms with Gasteiger partial charge in [0.15, 0.2) is 11.9 Å². The first kappa shape index (κ1) is 27.3. The van der Waals surface area contributed by atoms with Crippen LogP contribution in [0.2, 0.25) is 0 Å². The summed E-state index contributed by atoms with van der Waals surface area (Å²) in [5, 5.41) is 5.93. The van der Waals surface area contributed by atoms with Crippen LogP contribution in [0.25, 0.3) is 55.2 Å². The van der Waals surface area contributed by atoms with Gasteiger partial charge in [0.2, 0.25) is 0 Å². The molecule has 3 heteroatoms. The largest absolute Gasteiger partial charge is 0.288 e. The third-order valence-corrected chi connectivity index (χ3v) is 9.38. The summed E-state index contributed by atoms with van der Waals surface area (Å²) in [5.74, 6) is 0. The van der Waals surface area contributed by atoms with Gasteiger partial charge in [-0.3, -0.25) is 10.2 Å². The molecule has 8 aromatic rings. The van der Waals surface area contributed by atoms with E-state index in [1.807, 2.05) is 0 Å². The maximum Gasteiger partial charge on any atom is 0.197 e.